The molecule has 76 valence electrons. The van der Waals surface area contributed by atoms with Gasteiger partial charge in [0.05, 0.1) is 0 Å². The van der Waals surface area contributed by atoms with Crippen LogP contribution in [-0.4, -0.2) is 22.8 Å². The fraction of sp³-hybridized carbons (Fsp3) is 0.583. The van der Waals surface area contributed by atoms with Crippen LogP contribution in [0.2, 0.25) is 0 Å². The third kappa shape index (κ3) is 1.39. The second-order valence-electron chi connectivity index (χ2n) is 4.44. The molecule has 14 heavy (non-hydrogen) atoms. The van der Waals surface area contributed by atoms with Crippen LogP contribution in [0.5, 0.6) is 0 Å². The van der Waals surface area contributed by atoms with Gasteiger partial charge in [-0.3, -0.25) is 4.99 Å². The van der Waals surface area contributed by atoms with Gasteiger partial charge in [-0.15, -0.1) is 0 Å². The van der Waals surface area contributed by atoms with E-state index in [1.54, 1.807) is 0 Å². The first-order valence-corrected chi connectivity index (χ1v) is 5.28. The number of hydrogen-bond donors (Lipinski definition) is 0. The van der Waals surface area contributed by atoms with Crippen molar-refractivity contribution in [1.29, 1.82) is 0 Å². The summed E-state index contributed by atoms with van der Waals surface area (Å²) < 4.78 is 0. The lowest BCUT2D eigenvalue weighted by Gasteiger charge is -2.31. The Labute approximate surface area is 86.0 Å². The lowest BCUT2D eigenvalue weighted by molar-refractivity contribution is 0.232. The molecule has 0 saturated carbocycles. The number of hydrogen-bond acceptors (Lipinski definition) is 2. The largest absolute Gasteiger partial charge is 0.353 e. The summed E-state index contributed by atoms with van der Waals surface area (Å²) in [4.78, 5) is 7.07. The lowest BCUT2D eigenvalue weighted by Crippen LogP contribution is -2.37. The molecule has 2 atom stereocenters. The molecular formula is C12H18N2. The predicted molar refractivity (Wildman–Crippen MR) is 60.3 cm³/mol. The molecular weight excluding hydrogens is 172 g/mol. The van der Waals surface area contributed by atoms with Crippen LogP contribution < -0.4 is 0 Å². The average Bonchev–Trinajstić information content (AvgIpc) is 2.48. The van der Waals surface area contributed by atoms with Gasteiger partial charge in [0, 0.05) is 17.7 Å². The van der Waals surface area contributed by atoms with Gasteiger partial charge < -0.3 is 4.90 Å². The minimum Gasteiger partial charge on any atom is -0.353 e. The highest BCUT2D eigenvalue weighted by atomic mass is 15.3. The van der Waals surface area contributed by atoms with Crippen molar-refractivity contribution in [2.75, 3.05) is 0 Å². The van der Waals surface area contributed by atoms with Crippen LogP contribution in [0.1, 0.15) is 27.7 Å². The standard InChI is InChI=1S/C12H18N2/c1-8(2)14-6-5-11-7-9(3)10(4)13-12(11)14/h5-8,11-12H,1-4H3. The summed E-state index contributed by atoms with van der Waals surface area (Å²) >= 11 is 0. The summed E-state index contributed by atoms with van der Waals surface area (Å²) in [7, 11) is 0. The van der Waals surface area contributed by atoms with Gasteiger partial charge in [-0.05, 0) is 39.5 Å². The third-order valence-corrected chi connectivity index (χ3v) is 3.07. The fourth-order valence-electron chi connectivity index (χ4n) is 2.07. The molecule has 0 aromatic rings. The molecule has 2 unspecified atom stereocenters. The summed E-state index contributed by atoms with van der Waals surface area (Å²) in [5, 5.41) is 0. The SMILES string of the molecule is CC1=CC2C=CN(C(C)C)C2N=C1C. The number of fused-ring (bicyclic) bond motifs is 1. The molecule has 0 spiro atoms. The third-order valence-electron chi connectivity index (χ3n) is 3.07. The first kappa shape index (κ1) is 9.50. The maximum atomic E-state index is 4.74. The minimum atomic E-state index is 0.318. The van der Waals surface area contributed by atoms with Crippen molar-refractivity contribution in [3.05, 3.63) is 23.9 Å². The van der Waals surface area contributed by atoms with Crippen LogP contribution in [0.3, 0.4) is 0 Å². The molecule has 0 fully saturated rings. The summed E-state index contributed by atoms with van der Waals surface area (Å²) in [5.41, 5.74) is 2.50. The van der Waals surface area contributed by atoms with E-state index in [-0.39, 0.29) is 0 Å². The molecule has 2 heteroatoms. The minimum absolute atomic E-state index is 0.318. The second-order valence-corrected chi connectivity index (χ2v) is 4.44. The number of aliphatic imine (C=N–C) groups is 1. The Morgan fingerprint density at radius 1 is 1.36 bits per heavy atom. The van der Waals surface area contributed by atoms with Gasteiger partial charge in [0.1, 0.15) is 6.17 Å². The Kier molecular flexibility index (Phi) is 2.22. The maximum Gasteiger partial charge on any atom is 0.131 e. The van der Waals surface area contributed by atoms with Gasteiger partial charge in [-0.1, -0.05) is 12.2 Å². The zero-order valence-electron chi connectivity index (χ0n) is 9.36. The fourth-order valence-corrected chi connectivity index (χ4v) is 2.07. The summed E-state index contributed by atoms with van der Waals surface area (Å²) in [5.74, 6) is 0.487. The van der Waals surface area contributed by atoms with Crippen molar-refractivity contribution >= 4 is 5.71 Å². The average molecular weight is 190 g/mol. The van der Waals surface area contributed by atoms with Gasteiger partial charge >= 0.3 is 0 Å². The molecule has 2 heterocycles. The second kappa shape index (κ2) is 3.26. The highest BCUT2D eigenvalue weighted by molar-refractivity contribution is 5.98. The van der Waals surface area contributed by atoms with Crippen LogP contribution in [-0.2, 0) is 0 Å². The van der Waals surface area contributed by atoms with E-state index >= 15 is 0 Å². The van der Waals surface area contributed by atoms with E-state index < -0.39 is 0 Å². The number of nitrogens with zero attached hydrogens (tertiary/aromatic N) is 2. The first-order chi connectivity index (χ1) is 6.59. The first-order valence-electron chi connectivity index (χ1n) is 5.28. The quantitative estimate of drug-likeness (QED) is 0.620. The molecule has 0 bridgehead atoms. The molecule has 2 aliphatic heterocycles. The van der Waals surface area contributed by atoms with E-state index in [9.17, 15) is 0 Å². The van der Waals surface area contributed by atoms with E-state index in [1.807, 2.05) is 0 Å². The highest BCUT2D eigenvalue weighted by Crippen LogP contribution is 2.30. The number of rotatable bonds is 1. The van der Waals surface area contributed by atoms with E-state index in [4.69, 9.17) is 4.99 Å². The van der Waals surface area contributed by atoms with Gasteiger partial charge in [-0.2, -0.15) is 0 Å². The molecule has 2 aliphatic rings. The number of dihydropyridines is 1. The van der Waals surface area contributed by atoms with Crippen LogP contribution >= 0.6 is 0 Å². The Balaban J connectivity index is 2.26. The highest BCUT2D eigenvalue weighted by Gasteiger charge is 2.31. The lowest BCUT2D eigenvalue weighted by atomic mass is 9.98. The smallest absolute Gasteiger partial charge is 0.131 e. The van der Waals surface area contributed by atoms with E-state index in [0.29, 0.717) is 18.1 Å². The molecule has 0 aromatic carbocycles. The Morgan fingerprint density at radius 3 is 2.71 bits per heavy atom. The van der Waals surface area contributed by atoms with Crippen LogP contribution in [0.15, 0.2) is 28.9 Å². The summed E-state index contributed by atoms with van der Waals surface area (Å²) in [6, 6.07) is 0.532. The number of allylic oxidation sites excluding steroid dienone is 1. The van der Waals surface area contributed by atoms with Crippen LogP contribution in [0.25, 0.3) is 0 Å². The van der Waals surface area contributed by atoms with Crippen molar-refractivity contribution < 1.29 is 0 Å². The summed E-state index contributed by atoms with van der Waals surface area (Å²) in [6.07, 6.45) is 7.08. The molecule has 0 amide bonds. The van der Waals surface area contributed by atoms with Gasteiger partial charge in [0.2, 0.25) is 0 Å². The van der Waals surface area contributed by atoms with Gasteiger partial charge in [0.15, 0.2) is 0 Å². The van der Waals surface area contributed by atoms with Crippen molar-refractivity contribution in [2.24, 2.45) is 10.9 Å². The molecule has 0 N–H and O–H groups in total. The van der Waals surface area contributed by atoms with E-state index in [0.717, 1.165) is 0 Å². The van der Waals surface area contributed by atoms with E-state index in [2.05, 4.69) is 50.9 Å². The Morgan fingerprint density at radius 2 is 2.07 bits per heavy atom. The van der Waals surface area contributed by atoms with Crippen molar-refractivity contribution in [1.82, 2.24) is 4.90 Å². The molecule has 2 nitrogen and oxygen atoms in total. The van der Waals surface area contributed by atoms with Gasteiger partial charge in [0.25, 0.3) is 0 Å². The van der Waals surface area contributed by atoms with Crippen LogP contribution in [0.4, 0.5) is 0 Å². The maximum absolute atomic E-state index is 4.74. The normalized spacial score (nSPS) is 30.5. The molecule has 0 radical (unpaired) electrons. The van der Waals surface area contributed by atoms with E-state index in [1.165, 1.54) is 11.3 Å². The molecule has 2 rings (SSSR count). The van der Waals surface area contributed by atoms with Crippen molar-refractivity contribution in [3.63, 3.8) is 0 Å². The van der Waals surface area contributed by atoms with Crippen LogP contribution in [0, 0.1) is 5.92 Å². The Hall–Kier alpha value is -1.05. The topological polar surface area (TPSA) is 15.6 Å². The molecule has 0 aliphatic carbocycles. The van der Waals surface area contributed by atoms with Crippen molar-refractivity contribution in [2.45, 2.75) is 39.9 Å². The van der Waals surface area contributed by atoms with Gasteiger partial charge in [-0.25, -0.2) is 0 Å². The zero-order chi connectivity index (χ0) is 10.3. The molecule has 0 saturated heterocycles. The predicted octanol–water partition coefficient (Wildman–Crippen LogP) is 2.59. The molecule has 0 aromatic heterocycles. The van der Waals surface area contributed by atoms with Crippen molar-refractivity contribution in [3.8, 4) is 0 Å². The summed E-state index contributed by atoms with van der Waals surface area (Å²) in [6.45, 7) is 8.66. The monoisotopic (exact) mass is 190 g/mol. The zero-order valence-corrected chi connectivity index (χ0v) is 9.36. The Bertz CT molecular complexity index is 323.